The van der Waals surface area contributed by atoms with Gasteiger partial charge in [-0.2, -0.15) is 0 Å². The van der Waals surface area contributed by atoms with E-state index in [0.29, 0.717) is 18.9 Å². The van der Waals surface area contributed by atoms with Gasteiger partial charge in [0, 0.05) is 19.5 Å². The third kappa shape index (κ3) is 15.1. The summed E-state index contributed by atoms with van der Waals surface area (Å²) < 4.78 is 0. The van der Waals surface area contributed by atoms with Crippen LogP contribution < -0.4 is 22.1 Å². The van der Waals surface area contributed by atoms with E-state index in [2.05, 4.69) is 29.5 Å². The molecule has 0 saturated heterocycles. The quantitative estimate of drug-likeness (QED) is 0.221. The van der Waals surface area contributed by atoms with E-state index >= 15 is 0 Å². The Kier molecular flexibility index (Phi) is 13.8. The molecule has 0 aromatic carbocycles. The molecule has 0 aromatic rings. The van der Waals surface area contributed by atoms with Gasteiger partial charge in [-0.15, -0.1) is 0 Å². The monoisotopic (exact) mass is 313 g/mol. The molecule has 0 rings (SSSR count). The largest absolute Gasteiger partial charge is 0.370 e. The number of guanidine groups is 1. The molecule has 1 unspecified atom stereocenters. The third-order valence-electron chi connectivity index (χ3n) is 3.57. The minimum Gasteiger partial charge on any atom is -0.370 e. The summed E-state index contributed by atoms with van der Waals surface area (Å²) in [6.07, 6.45) is 7.23. The molecular weight excluding hydrogens is 278 g/mol. The molecule has 0 heterocycles. The highest BCUT2D eigenvalue weighted by molar-refractivity contribution is 5.76. The number of hydrogen-bond acceptors (Lipinski definition) is 3. The molecule has 6 nitrogen and oxygen atoms in total. The average molecular weight is 313 g/mol. The number of rotatable bonds is 14. The van der Waals surface area contributed by atoms with Gasteiger partial charge >= 0.3 is 0 Å². The molecule has 0 aromatic heterocycles. The molecule has 0 spiro atoms. The molecule has 0 radical (unpaired) electrons. The van der Waals surface area contributed by atoms with Gasteiger partial charge in [-0.25, -0.2) is 0 Å². The zero-order chi connectivity index (χ0) is 16.6. The standard InChI is InChI=1S/C16H35N5O/c1-3-4-7-14(2)8-9-15(22)20-12-5-10-19-11-6-13-21-16(17)18/h14,19H,3-13H2,1-2H3,(H,20,22)(H4,17,18,21). The first-order chi connectivity index (χ1) is 10.6. The molecule has 0 aliphatic heterocycles. The van der Waals surface area contributed by atoms with E-state index in [-0.39, 0.29) is 11.9 Å². The van der Waals surface area contributed by atoms with E-state index in [4.69, 9.17) is 11.5 Å². The lowest BCUT2D eigenvalue weighted by Crippen LogP contribution is -2.28. The Hall–Kier alpha value is -1.30. The van der Waals surface area contributed by atoms with Crippen LogP contribution >= 0.6 is 0 Å². The fourth-order valence-corrected chi connectivity index (χ4v) is 2.14. The second-order valence-corrected chi connectivity index (χ2v) is 5.90. The van der Waals surface area contributed by atoms with Gasteiger partial charge in [0.15, 0.2) is 5.96 Å². The van der Waals surface area contributed by atoms with Gasteiger partial charge < -0.3 is 22.1 Å². The minimum atomic E-state index is 0.145. The molecule has 22 heavy (non-hydrogen) atoms. The molecule has 6 N–H and O–H groups in total. The summed E-state index contributed by atoms with van der Waals surface area (Å²) in [5, 5.41) is 6.28. The third-order valence-corrected chi connectivity index (χ3v) is 3.57. The molecule has 130 valence electrons. The molecule has 0 aliphatic rings. The van der Waals surface area contributed by atoms with Crippen molar-refractivity contribution in [2.24, 2.45) is 22.4 Å². The van der Waals surface area contributed by atoms with E-state index in [1.54, 1.807) is 0 Å². The van der Waals surface area contributed by atoms with Crippen molar-refractivity contribution in [3.05, 3.63) is 0 Å². The van der Waals surface area contributed by atoms with Crippen LogP contribution in [0.15, 0.2) is 4.99 Å². The number of nitrogens with zero attached hydrogens (tertiary/aromatic N) is 1. The van der Waals surface area contributed by atoms with E-state index in [1.165, 1.54) is 19.3 Å². The summed E-state index contributed by atoms with van der Waals surface area (Å²) >= 11 is 0. The lowest BCUT2D eigenvalue weighted by Gasteiger charge is -2.10. The van der Waals surface area contributed by atoms with Crippen LogP contribution in [0.1, 0.15) is 58.8 Å². The van der Waals surface area contributed by atoms with Crippen molar-refractivity contribution in [1.29, 1.82) is 0 Å². The first-order valence-corrected chi connectivity index (χ1v) is 8.59. The van der Waals surface area contributed by atoms with Crippen molar-refractivity contribution in [1.82, 2.24) is 10.6 Å². The zero-order valence-electron chi connectivity index (χ0n) is 14.4. The Labute approximate surface area is 135 Å². The van der Waals surface area contributed by atoms with Crippen molar-refractivity contribution < 1.29 is 4.79 Å². The number of aliphatic imine (C=N–C) groups is 1. The van der Waals surface area contributed by atoms with Crippen LogP contribution in [0.3, 0.4) is 0 Å². The Morgan fingerprint density at radius 3 is 2.50 bits per heavy atom. The fraction of sp³-hybridized carbons (Fsp3) is 0.875. The highest BCUT2D eigenvalue weighted by atomic mass is 16.1. The summed E-state index contributed by atoms with van der Waals surface area (Å²) in [4.78, 5) is 15.6. The Balaban J connectivity index is 3.33. The molecule has 0 fully saturated rings. The van der Waals surface area contributed by atoms with Crippen molar-refractivity contribution >= 4 is 11.9 Å². The van der Waals surface area contributed by atoms with Gasteiger partial charge in [0.05, 0.1) is 0 Å². The SMILES string of the molecule is CCCCC(C)CCC(=O)NCCCNCCCN=C(N)N. The molecule has 6 heteroatoms. The van der Waals surface area contributed by atoms with Crippen LogP contribution in [0.4, 0.5) is 0 Å². The predicted molar refractivity (Wildman–Crippen MR) is 93.7 cm³/mol. The van der Waals surface area contributed by atoms with E-state index in [1.807, 2.05) is 0 Å². The highest BCUT2D eigenvalue weighted by Crippen LogP contribution is 2.13. The van der Waals surface area contributed by atoms with Crippen molar-refractivity contribution in [3.8, 4) is 0 Å². The second-order valence-electron chi connectivity index (χ2n) is 5.90. The van der Waals surface area contributed by atoms with Crippen LogP contribution in [0.25, 0.3) is 0 Å². The Bertz CT molecular complexity index is 303. The lowest BCUT2D eigenvalue weighted by atomic mass is 9.99. The van der Waals surface area contributed by atoms with Crippen LogP contribution in [-0.2, 0) is 4.79 Å². The van der Waals surface area contributed by atoms with Crippen molar-refractivity contribution in [2.45, 2.75) is 58.8 Å². The number of carbonyl (C=O) groups excluding carboxylic acids is 1. The van der Waals surface area contributed by atoms with Gasteiger partial charge in [-0.05, 0) is 38.3 Å². The fourth-order valence-electron chi connectivity index (χ4n) is 2.14. The van der Waals surface area contributed by atoms with E-state index < -0.39 is 0 Å². The second kappa shape index (κ2) is 14.6. The van der Waals surface area contributed by atoms with Gasteiger partial charge in [0.2, 0.25) is 5.91 Å². The minimum absolute atomic E-state index is 0.145. The summed E-state index contributed by atoms with van der Waals surface area (Å²) in [6.45, 7) is 7.61. The molecule has 0 bridgehead atoms. The highest BCUT2D eigenvalue weighted by Gasteiger charge is 2.05. The number of nitrogens with two attached hydrogens (primary N) is 2. The summed E-state index contributed by atoms with van der Waals surface area (Å²) in [7, 11) is 0. The lowest BCUT2D eigenvalue weighted by molar-refractivity contribution is -0.121. The van der Waals surface area contributed by atoms with E-state index in [0.717, 1.165) is 38.9 Å². The molecule has 0 saturated carbocycles. The van der Waals surface area contributed by atoms with Gasteiger partial charge in [0.1, 0.15) is 0 Å². The van der Waals surface area contributed by atoms with Crippen LogP contribution in [0.5, 0.6) is 0 Å². The predicted octanol–water partition coefficient (Wildman–Crippen LogP) is 1.35. The summed E-state index contributed by atoms with van der Waals surface area (Å²) in [5.74, 6) is 0.973. The first-order valence-electron chi connectivity index (χ1n) is 8.59. The van der Waals surface area contributed by atoms with Crippen LogP contribution in [-0.4, -0.2) is 38.0 Å². The smallest absolute Gasteiger partial charge is 0.220 e. The molecular formula is C16H35N5O. The number of nitrogens with one attached hydrogen (secondary N) is 2. The zero-order valence-corrected chi connectivity index (χ0v) is 14.4. The summed E-state index contributed by atoms with van der Waals surface area (Å²) in [6, 6.07) is 0. The summed E-state index contributed by atoms with van der Waals surface area (Å²) in [5.41, 5.74) is 10.5. The Morgan fingerprint density at radius 2 is 1.82 bits per heavy atom. The van der Waals surface area contributed by atoms with Crippen molar-refractivity contribution in [2.75, 3.05) is 26.2 Å². The molecule has 1 atom stereocenters. The maximum atomic E-state index is 11.7. The Morgan fingerprint density at radius 1 is 1.09 bits per heavy atom. The van der Waals surface area contributed by atoms with E-state index in [9.17, 15) is 4.79 Å². The maximum absolute atomic E-state index is 11.7. The van der Waals surface area contributed by atoms with Crippen LogP contribution in [0, 0.1) is 5.92 Å². The first kappa shape index (κ1) is 20.7. The number of unbranched alkanes of at least 4 members (excludes halogenated alkanes) is 1. The molecule has 1 amide bonds. The molecule has 0 aliphatic carbocycles. The van der Waals surface area contributed by atoms with Gasteiger partial charge in [-0.1, -0.05) is 33.1 Å². The van der Waals surface area contributed by atoms with Crippen LogP contribution in [0.2, 0.25) is 0 Å². The number of hydrogen-bond donors (Lipinski definition) is 4. The van der Waals surface area contributed by atoms with Gasteiger partial charge in [0.25, 0.3) is 0 Å². The number of amides is 1. The topological polar surface area (TPSA) is 106 Å². The maximum Gasteiger partial charge on any atom is 0.220 e. The normalized spacial score (nSPS) is 11.9. The van der Waals surface area contributed by atoms with Gasteiger partial charge in [-0.3, -0.25) is 9.79 Å². The number of carbonyl (C=O) groups is 1. The average Bonchev–Trinajstić information content (AvgIpc) is 2.48. The van der Waals surface area contributed by atoms with Crippen molar-refractivity contribution in [3.63, 3.8) is 0 Å².